The molecule has 0 spiro atoms. The van der Waals surface area contributed by atoms with E-state index in [-0.39, 0.29) is 5.41 Å². The molecule has 2 nitrogen and oxygen atoms in total. The third kappa shape index (κ3) is 2.58. The molecule has 19 heavy (non-hydrogen) atoms. The summed E-state index contributed by atoms with van der Waals surface area (Å²) in [5.41, 5.74) is 9.36. The summed E-state index contributed by atoms with van der Waals surface area (Å²) < 4.78 is 0. The van der Waals surface area contributed by atoms with E-state index in [9.17, 15) is 0 Å². The van der Waals surface area contributed by atoms with Gasteiger partial charge in [-0.25, -0.2) is 4.98 Å². The van der Waals surface area contributed by atoms with Gasteiger partial charge in [-0.3, -0.25) is 0 Å². The number of nitrogens with zero attached hydrogens (tertiary/aromatic N) is 1. The van der Waals surface area contributed by atoms with Crippen molar-refractivity contribution in [1.29, 1.82) is 0 Å². The van der Waals surface area contributed by atoms with Crippen LogP contribution in [0.2, 0.25) is 0 Å². The largest absolute Gasteiger partial charge is 0.330 e. The fraction of sp³-hybridized carbons (Fsp3) is 0.438. The number of thiazole rings is 1. The molecule has 1 aliphatic carbocycles. The smallest absolute Gasteiger partial charge is 0.0896 e. The quantitative estimate of drug-likeness (QED) is 0.932. The molecule has 1 aliphatic rings. The molecule has 0 saturated heterocycles. The van der Waals surface area contributed by atoms with E-state index in [0.717, 1.165) is 30.8 Å². The van der Waals surface area contributed by atoms with Crippen LogP contribution in [-0.2, 0) is 19.3 Å². The van der Waals surface area contributed by atoms with Gasteiger partial charge >= 0.3 is 0 Å². The van der Waals surface area contributed by atoms with Crippen LogP contribution in [0.15, 0.2) is 30.5 Å². The highest BCUT2D eigenvalue weighted by atomic mass is 32.1. The molecule has 100 valence electrons. The number of hydrogen-bond donors (Lipinski definition) is 1. The van der Waals surface area contributed by atoms with E-state index in [2.05, 4.69) is 36.2 Å². The molecule has 1 aromatic heterocycles. The molecule has 1 heterocycles. The van der Waals surface area contributed by atoms with Crippen molar-refractivity contribution in [2.24, 2.45) is 11.1 Å². The van der Waals surface area contributed by atoms with Gasteiger partial charge < -0.3 is 5.73 Å². The van der Waals surface area contributed by atoms with Crippen molar-refractivity contribution < 1.29 is 0 Å². The van der Waals surface area contributed by atoms with Crippen LogP contribution < -0.4 is 5.73 Å². The van der Waals surface area contributed by atoms with Gasteiger partial charge in [0.25, 0.3) is 0 Å². The van der Waals surface area contributed by atoms with E-state index < -0.39 is 0 Å². The predicted octanol–water partition coefficient (Wildman–Crippen LogP) is 3.13. The minimum Gasteiger partial charge on any atom is -0.330 e. The fourth-order valence-electron chi connectivity index (χ4n) is 3.12. The summed E-state index contributed by atoms with van der Waals surface area (Å²) in [5.74, 6) is 0. The Bertz CT molecular complexity index is 576. The third-order valence-electron chi connectivity index (χ3n) is 4.26. The summed E-state index contributed by atoms with van der Waals surface area (Å²) in [5, 5.41) is 1.15. The van der Waals surface area contributed by atoms with Crippen molar-refractivity contribution >= 4 is 11.3 Å². The molecule has 1 atom stereocenters. The van der Waals surface area contributed by atoms with Crippen LogP contribution >= 0.6 is 11.3 Å². The number of aryl methyl sites for hydroxylation is 2. The van der Waals surface area contributed by atoms with Crippen LogP contribution in [0.3, 0.4) is 0 Å². The molecule has 1 unspecified atom stereocenters. The normalized spacial score (nSPS) is 22.2. The van der Waals surface area contributed by atoms with Crippen molar-refractivity contribution in [1.82, 2.24) is 4.98 Å². The Morgan fingerprint density at radius 1 is 1.32 bits per heavy atom. The van der Waals surface area contributed by atoms with Crippen molar-refractivity contribution in [3.8, 4) is 0 Å². The first-order chi connectivity index (χ1) is 9.21. The monoisotopic (exact) mass is 272 g/mol. The number of hydrogen-bond acceptors (Lipinski definition) is 3. The zero-order chi connectivity index (χ0) is 13.3. The first kappa shape index (κ1) is 12.8. The van der Waals surface area contributed by atoms with Crippen LogP contribution in [0, 0.1) is 12.3 Å². The number of benzene rings is 1. The Balaban J connectivity index is 1.85. The molecule has 0 saturated carbocycles. The second-order valence-electron chi connectivity index (χ2n) is 5.67. The average Bonchev–Trinajstić information content (AvgIpc) is 2.84. The summed E-state index contributed by atoms with van der Waals surface area (Å²) in [7, 11) is 0. The Hall–Kier alpha value is -1.19. The first-order valence-corrected chi connectivity index (χ1v) is 7.71. The summed E-state index contributed by atoms with van der Waals surface area (Å²) in [4.78, 5) is 5.75. The highest BCUT2D eigenvalue weighted by molar-refractivity contribution is 7.11. The molecular formula is C16H20N2S. The number of nitrogens with two attached hydrogens (primary N) is 1. The van der Waals surface area contributed by atoms with Crippen LogP contribution in [0.4, 0.5) is 0 Å². The Labute approximate surface area is 118 Å². The van der Waals surface area contributed by atoms with Gasteiger partial charge in [0.15, 0.2) is 0 Å². The lowest BCUT2D eigenvalue weighted by Gasteiger charge is -2.37. The van der Waals surface area contributed by atoms with E-state index >= 15 is 0 Å². The molecule has 0 aliphatic heterocycles. The van der Waals surface area contributed by atoms with Crippen LogP contribution in [-0.4, -0.2) is 11.5 Å². The molecule has 2 N–H and O–H groups in total. The van der Waals surface area contributed by atoms with E-state index in [1.165, 1.54) is 22.4 Å². The Morgan fingerprint density at radius 3 is 2.79 bits per heavy atom. The lowest BCUT2D eigenvalue weighted by atomic mass is 9.69. The zero-order valence-corrected chi connectivity index (χ0v) is 12.2. The highest BCUT2D eigenvalue weighted by Gasteiger charge is 2.33. The maximum Gasteiger partial charge on any atom is 0.0896 e. The van der Waals surface area contributed by atoms with Crippen molar-refractivity contribution in [2.75, 3.05) is 6.54 Å². The van der Waals surface area contributed by atoms with Gasteiger partial charge in [0.05, 0.1) is 5.01 Å². The van der Waals surface area contributed by atoms with E-state index in [4.69, 9.17) is 5.73 Å². The average molecular weight is 272 g/mol. The second-order valence-corrected chi connectivity index (χ2v) is 6.99. The SMILES string of the molecule is Cc1ncc(CC2(CN)CCc3ccccc3C2)s1. The van der Waals surface area contributed by atoms with Gasteiger partial charge in [0.2, 0.25) is 0 Å². The van der Waals surface area contributed by atoms with Gasteiger partial charge in [-0.2, -0.15) is 0 Å². The molecular weight excluding hydrogens is 252 g/mol. The number of fused-ring (bicyclic) bond motifs is 1. The molecule has 0 bridgehead atoms. The second kappa shape index (κ2) is 5.06. The van der Waals surface area contributed by atoms with Crippen LogP contribution in [0.5, 0.6) is 0 Å². The maximum absolute atomic E-state index is 6.13. The molecule has 1 aromatic carbocycles. The predicted molar refractivity (Wildman–Crippen MR) is 80.5 cm³/mol. The fourth-order valence-corrected chi connectivity index (χ4v) is 4.09. The number of aromatic nitrogens is 1. The van der Waals surface area contributed by atoms with Crippen molar-refractivity contribution in [3.63, 3.8) is 0 Å². The van der Waals surface area contributed by atoms with Gasteiger partial charge in [-0.05, 0) is 55.7 Å². The highest BCUT2D eigenvalue weighted by Crippen LogP contribution is 2.38. The lowest BCUT2D eigenvalue weighted by Crippen LogP contribution is -2.38. The molecule has 0 fully saturated rings. The van der Waals surface area contributed by atoms with E-state index in [1.807, 2.05) is 17.5 Å². The molecule has 3 heteroatoms. The Morgan fingerprint density at radius 2 is 2.11 bits per heavy atom. The Kier molecular flexibility index (Phi) is 3.42. The van der Waals surface area contributed by atoms with E-state index in [0.29, 0.717) is 0 Å². The van der Waals surface area contributed by atoms with Crippen molar-refractivity contribution in [2.45, 2.75) is 32.6 Å². The summed E-state index contributed by atoms with van der Waals surface area (Å²) >= 11 is 1.81. The first-order valence-electron chi connectivity index (χ1n) is 6.89. The maximum atomic E-state index is 6.13. The summed E-state index contributed by atoms with van der Waals surface area (Å²) in [6.07, 6.45) is 6.56. The minimum absolute atomic E-state index is 0.229. The van der Waals surface area contributed by atoms with Crippen molar-refractivity contribution in [3.05, 3.63) is 51.5 Å². The molecule has 0 radical (unpaired) electrons. The summed E-state index contributed by atoms with van der Waals surface area (Å²) in [6, 6.07) is 8.80. The number of rotatable bonds is 3. The zero-order valence-electron chi connectivity index (χ0n) is 11.4. The van der Waals surface area contributed by atoms with Crippen LogP contribution in [0.25, 0.3) is 0 Å². The topological polar surface area (TPSA) is 38.9 Å². The minimum atomic E-state index is 0.229. The lowest BCUT2D eigenvalue weighted by molar-refractivity contribution is 0.255. The third-order valence-corrected chi connectivity index (χ3v) is 5.17. The molecule has 3 rings (SSSR count). The van der Waals surface area contributed by atoms with Gasteiger partial charge in [0.1, 0.15) is 0 Å². The van der Waals surface area contributed by atoms with Crippen LogP contribution in [0.1, 0.15) is 27.4 Å². The van der Waals surface area contributed by atoms with Gasteiger partial charge in [-0.15, -0.1) is 11.3 Å². The van der Waals surface area contributed by atoms with E-state index in [1.54, 1.807) is 0 Å². The molecule has 2 aromatic rings. The van der Waals surface area contributed by atoms with Gasteiger partial charge in [0, 0.05) is 11.1 Å². The molecule has 0 amide bonds. The standard InChI is InChI=1S/C16H20N2S/c1-12-18-10-15(19-12)9-16(11-17)7-6-13-4-2-3-5-14(13)8-16/h2-5,10H,6-9,11,17H2,1H3. The summed E-state index contributed by atoms with van der Waals surface area (Å²) in [6.45, 7) is 2.83. The van der Waals surface area contributed by atoms with Gasteiger partial charge in [-0.1, -0.05) is 24.3 Å².